The summed E-state index contributed by atoms with van der Waals surface area (Å²) >= 11 is 0. The Bertz CT molecular complexity index is 644. The van der Waals surface area contributed by atoms with E-state index in [1.807, 2.05) is 11.0 Å². The summed E-state index contributed by atoms with van der Waals surface area (Å²) in [5.41, 5.74) is 2.16. The molecule has 5 nitrogen and oxygen atoms in total. The summed E-state index contributed by atoms with van der Waals surface area (Å²) in [6, 6.07) is 2.32. The summed E-state index contributed by atoms with van der Waals surface area (Å²) < 4.78 is 0. The first kappa shape index (κ1) is 11.9. The lowest BCUT2D eigenvalue weighted by Gasteiger charge is -2.44. The molecule has 3 heterocycles. The number of carbonyl (C=O) groups is 1. The molecule has 2 aliphatic rings. The second-order valence-corrected chi connectivity index (χ2v) is 5.90. The lowest BCUT2D eigenvalue weighted by atomic mass is 9.87. The lowest BCUT2D eigenvalue weighted by molar-refractivity contribution is 0.0308. The number of hydrogen-bond acceptors (Lipinski definition) is 3. The normalized spacial score (nSPS) is 23.2. The molecule has 1 aliphatic heterocycles. The quantitative estimate of drug-likeness (QED) is 0.911. The molecule has 1 saturated carbocycles. The Balaban J connectivity index is 1.56. The highest BCUT2D eigenvalue weighted by Crippen LogP contribution is 2.36. The third kappa shape index (κ3) is 1.80. The van der Waals surface area contributed by atoms with Gasteiger partial charge in [0.05, 0.1) is 17.4 Å². The number of pyridine rings is 1. The van der Waals surface area contributed by atoms with Gasteiger partial charge in [-0.25, -0.2) is 9.97 Å². The molecule has 5 heteroatoms. The standard InChI is InChI=1S/C15H18N4O/c20-15(11-7-12-14(16-8-11)18-9-17-12)19-6-5-13(19)10-3-1-2-4-10/h7-10,13H,1-6H2,(H,16,17,18). The van der Waals surface area contributed by atoms with Crippen molar-refractivity contribution in [2.75, 3.05) is 6.54 Å². The van der Waals surface area contributed by atoms with E-state index in [0.29, 0.717) is 17.3 Å². The summed E-state index contributed by atoms with van der Waals surface area (Å²) in [6.45, 7) is 0.890. The van der Waals surface area contributed by atoms with Gasteiger partial charge in [-0.2, -0.15) is 0 Å². The van der Waals surface area contributed by atoms with Gasteiger partial charge >= 0.3 is 0 Å². The van der Waals surface area contributed by atoms with Crippen LogP contribution in [0.1, 0.15) is 42.5 Å². The van der Waals surface area contributed by atoms with Crippen molar-refractivity contribution in [3.8, 4) is 0 Å². The second kappa shape index (κ2) is 4.58. The molecule has 1 aliphatic carbocycles. The van der Waals surface area contributed by atoms with Crippen molar-refractivity contribution in [2.45, 2.75) is 38.1 Å². The number of likely N-dealkylation sites (tertiary alicyclic amines) is 1. The number of amides is 1. The van der Waals surface area contributed by atoms with Gasteiger partial charge in [-0.3, -0.25) is 4.79 Å². The molecule has 104 valence electrons. The first-order valence-corrected chi connectivity index (χ1v) is 7.43. The maximum absolute atomic E-state index is 12.6. The molecule has 0 spiro atoms. The Morgan fingerprint density at radius 3 is 2.85 bits per heavy atom. The molecular weight excluding hydrogens is 252 g/mol. The highest BCUT2D eigenvalue weighted by molar-refractivity contribution is 5.96. The SMILES string of the molecule is O=C(c1cnc2nc[nH]c2c1)N1CCC1C1CCCC1. The van der Waals surface area contributed by atoms with Crippen LogP contribution in [0.2, 0.25) is 0 Å². The Hall–Kier alpha value is -1.91. The molecule has 2 aromatic rings. The average Bonchev–Trinajstić information content (AvgIpc) is 3.06. The van der Waals surface area contributed by atoms with E-state index in [1.54, 1.807) is 12.5 Å². The van der Waals surface area contributed by atoms with Crippen molar-refractivity contribution in [3.05, 3.63) is 24.2 Å². The number of nitrogens with one attached hydrogen (secondary N) is 1. The van der Waals surface area contributed by atoms with Crippen LogP contribution in [0.5, 0.6) is 0 Å². The molecular formula is C15H18N4O. The predicted molar refractivity (Wildman–Crippen MR) is 75.3 cm³/mol. The number of H-pyrrole nitrogens is 1. The Morgan fingerprint density at radius 2 is 2.10 bits per heavy atom. The third-order valence-corrected chi connectivity index (χ3v) is 4.79. The van der Waals surface area contributed by atoms with Crippen molar-refractivity contribution >= 4 is 17.1 Å². The van der Waals surface area contributed by atoms with E-state index < -0.39 is 0 Å². The van der Waals surface area contributed by atoms with Gasteiger partial charge < -0.3 is 9.88 Å². The smallest absolute Gasteiger partial charge is 0.255 e. The van der Waals surface area contributed by atoms with Gasteiger partial charge in [0, 0.05) is 18.8 Å². The van der Waals surface area contributed by atoms with Gasteiger partial charge in [-0.1, -0.05) is 12.8 Å². The summed E-state index contributed by atoms with van der Waals surface area (Å²) in [5.74, 6) is 0.841. The zero-order chi connectivity index (χ0) is 13.5. The molecule has 4 rings (SSSR count). The van der Waals surface area contributed by atoms with E-state index >= 15 is 0 Å². The first-order valence-electron chi connectivity index (χ1n) is 7.43. The molecule has 2 fully saturated rings. The van der Waals surface area contributed by atoms with Crippen LogP contribution in [0, 0.1) is 5.92 Å². The van der Waals surface area contributed by atoms with Gasteiger partial charge in [0.15, 0.2) is 5.65 Å². The Morgan fingerprint density at radius 1 is 1.25 bits per heavy atom. The largest absolute Gasteiger partial charge is 0.343 e. The molecule has 0 aromatic carbocycles. The number of hydrogen-bond donors (Lipinski definition) is 1. The number of fused-ring (bicyclic) bond motifs is 1. The van der Waals surface area contributed by atoms with Crippen molar-refractivity contribution in [2.24, 2.45) is 5.92 Å². The highest BCUT2D eigenvalue weighted by atomic mass is 16.2. The molecule has 0 radical (unpaired) electrons. The van der Waals surface area contributed by atoms with Gasteiger partial charge in [0.2, 0.25) is 0 Å². The summed E-state index contributed by atoms with van der Waals surface area (Å²) in [4.78, 5) is 26.0. The van der Waals surface area contributed by atoms with Crippen LogP contribution in [0.4, 0.5) is 0 Å². The molecule has 1 saturated heterocycles. The van der Waals surface area contributed by atoms with E-state index in [2.05, 4.69) is 15.0 Å². The molecule has 1 atom stereocenters. The zero-order valence-corrected chi connectivity index (χ0v) is 11.4. The number of nitrogens with zero attached hydrogens (tertiary/aromatic N) is 3. The van der Waals surface area contributed by atoms with Crippen LogP contribution in [-0.2, 0) is 0 Å². The van der Waals surface area contributed by atoms with Crippen LogP contribution in [0.25, 0.3) is 11.2 Å². The zero-order valence-electron chi connectivity index (χ0n) is 11.4. The minimum atomic E-state index is 0.122. The van der Waals surface area contributed by atoms with E-state index in [4.69, 9.17) is 0 Å². The average molecular weight is 270 g/mol. The van der Waals surface area contributed by atoms with Crippen molar-refractivity contribution in [1.82, 2.24) is 19.9 Å². The van der Waals surface area contributed by atoms with Crippen LogP contribution < -0.4 is 0 Å². The number of imidazole rings is 1. The molecule has 1 unspecified atom stereocenters. The minimum absolute atomic E-state index is 0.122. The minimum Gasteiger partial charge on any atom is -0.343 e. The van der Waals surface area contributed by atoms with Crippen molar-refractivity contribution < 1.29 is 4.79 Å². The first-order chi connectivity index (χ1) is 9.83. The van der Waals surface area contributed by atoms with Crippen LogP contribution in [0.3, 0.4) is 0 Å². The number of carbonyl (C=O) groups excluding carboxylic acids is 1. The second-order valence-electron chi connectivity index (χ2n) is 5.90. The maximum atomic E-state index is 12.6. The fraction of sp³-hybridized carbons (Fsp3) is 0.533. The number of aromatic nitrogens is 3. The molecule has 20 heavy (non-hydrogen) atoms. The monoisotopic (exact) mass is 270 g/mol. The summed E-state index contributed by atoms with van der Waals surface area (Å²) in [7, 11) is 0. The lowest BCUT2D eigenvalue weighted by Crippen LogP contribution is -2.54. The molecule has 1 N–H and O–H groups in total. The Labute approximate surface area is 117 Å². The predicted octanol–water partition coefficient (Wildman–Crippen LogP) is 2.36. The van der Waals surface area contributed by atoms with Gasteiger partial charge in [0.1, 0.15) is 0 Å². The third-order valence-electron chi connectivity index (χ3n) is 4.79. The maximum Gasteiger partial charge on any atom is 0.255 e. The van der Waals surface area contributed by atoms with Crippen LogP contribution >= 0.6 is 0 Å². The molecule has 0 bridgehead atoms. The fourth-order valence-electron chi connectivity index (χ4n) is 3.60. The highest BCUT2D eigenvalue weighted by Gasteiger charge is 2.39. The molecule has 2 aromatic heterocycles. The van der Waals surface area contributed by atoms with Crippen molar-refractivity contribution in [1.29, 1.82) is 0 Å². The van der Waals surface area contributed by atoms with Gasteiger partial charge in [-0.15, -0.1) is 0 Å². The van der Waals surface area contributed by atoms with E-state index in [-0.39, 0.29) is 5.91 Å². The van der Waals surface area contributed by atoms with Crippen LogP contribution in [-0.4, -0.2) is 38.3 Å². The van der Waals surface area contributed by atoms with Gasteiger partial charge in [-0.05, 0) is 31.2 Å². The number of rotatable bonds is 2. The topological polar surface area (TPSA) is 61.9 Å². The van der Waals surface area contributed by atoms with Crippen molar-refractivity contribution in [3.63, 3.8) is 0 Å². The van der Waals surface area contributed by atoms with Crippen LogP contribution in [0.15, 0.2) is 18.6 Å². The molecule has 1 amide bonds. The summed E-state index contributed by atoms with van der Waals surface area (Å²) in [5, 5.41) is 0. The number of aromatic amines is 1. The van der Waals surface area contributed by atoms with Gasteiger partial charge in [0.25, 0.3) is 5.91 Å². The van der Waals surface area contributed by atoms with E-state index in [1.165, 1.54) is 25.7 Å². The Kier molecular flexibility index (Phi) is 2.72. The van der Waals surface area contributed by atoms with E-state index in [0.717, 1.165) is 24.4 Å². The van der Waals surface area contributed by atoms with E-state index in [9.17, 15) is 4.79 Å². The fourth-order valence-corrected chi connectivity index (χ4v) is 3.60. The summed E-state index contributed by atoms with van der Waals surface area (Å²) in [6.07, 6.45) is 9.64.